The molecule has 0 bridgehead atoms. The summed E-state index contributed by atoms with van der Waals surface area (Å²) in [6, 6.07) is 0.717. The third-order valence-electron chi connectivity index (χ3n) is 3.68. The number of nitrogens with one attached hydrogen (secondary N) is 1. The number of likely N-dealkylation sites (N-methyl/N-ethyl adjacent to an activating group) is 1. The Bertz CT molecular complexity index is 441. The molecule has 6 heteroatoms. The molecule has 0 spiro atoms. The van der Waals surface area contributed by atoms with Crippen molar-refractivity contribution in [3.05, 3.63) is 10.6 Å². The maximum atomic E-state index is 10.9. The minimum Gasteiger partial charge on any atom is -0.477 e. The van der Waals surface area contributed by atoms with Gasteiger partial charge in [-0.1, -0.05) is 24.2 Å². The summed E-state index contributed by atoms with van der Waals surface area (Å²) in [7, 11) is 2.16. The van der Waals surface area contributed by atoms with E-state index in [2.05, 4.69) is 22.2 Å². The molecule has 0 unspecified atom stereocenters. The van der Waals surface area contributed by atoms with Crippen LogP contribution < -0.4 is 5.32 Å². The Morgan fingerprint density at radius 2 is 2.21 bits per heavy atom. The standard InChI is InChI=1S/C13H21N3O2S/c1-9-11(12(17)18)19-13(15-9)14-7-8-16(2)10-5-3-4-6-10/h10H,3-8H2,1-2H3,(H,14,15)(H,17,18). The van der Waals surface area contributed by atoms with E-state index in [1.54, 1.807) is 6.92 Å². The molecular formula is C13H21N3O2S. The third-order valence-corrected chi connectivity index (χ3v) is 4.78. The summed E-state index contributed by atoms with van der Waals surface area (Å²) >= 11 is 1.21. The van der Waals surface area contributed by atoms with Crippen LogP contribution in [0.15, 0.2) is 0 Å². The van der Waals surface area contributed by atoms with Gasteiger partial charge < -0.3 is 15.3 Å². The summed E-state index contributed by atoms with van der Waals surface area (Å²) in [6.07, 6.45) is 5.29. The Hall–Kier alpha value is -1.14. The van der Waals surface area contributed by atoms with Gasteiger partial charge in [-0.3, -0.25) is 0 Å². The zero-order valence-electron chi connectivity index (χ0n) is 11.5. The Labute approximate surface area is 117 Å². The van der Waals surface area contributed by atoms with Gasteiger partial charge in [0.1, 0.15) is 4.88 Å². The van der Waals surface area contributed by atoms with Gasteiger partial charge in [-0.15, -0.1) is 0 Å². The normalized spacial score (nSPS) is 16.2. The predicted molar refractivity (Wildman–Crippen MR) is 77.2 cm³/mol. The molecule has 5 nitrogen and oxygen atoms in total. The molecule has 2 rings (SSSR count). The second kappa shape index (κ2) is 6.34. The number of aromatic nitrogens is 1. The molecule has 1 fully saturated rings. The SMILES string of the molecule is Cc1nc(NCCN(C)C2CCCC2)sc1C(=O)O. The van der Waals surface area contributed by atoms with Gasteiger partial charge in [-0.25, -0.2) is 9.78 Å². The van der Waals surface area contributed by atoms with Crippen LogP contribution in [0.3, 0.4) is 0 Å². The predicted octanol–water partition coefficient (Wildman–Crippen LogP) is 2.44. The van der Waals surface area contributed by atoms with E-state index >= 15 is 0 Å². The zero-order valence-corrected chi connectivity index (χ0v) is 12.3. The highest BCUT2D eigenvalue weighted by Gasteiger charge is 2.19. The number of carboxylic acids is 1. The van der Waals surface area contributed by atoms with Crippen LogP contribution in [-0.4, -0.2) is 47.1 Å². The van der Waals surface area contributed by atoms with Crippen molar-refractivity contribution in [2.45, 2.75) is 38.6 Å². The topological polar surface area (TPSA) is 65.5 Å². The first-order valence-corrected chi connectivity index (χ1v) is 7.54. The summed E-state index contributed by atoms with van der Waals surface area (Å²) in [6.45, 7) is 3.50. The number of aryl methyl sites for hydroxylation is 1. The molecule has 1 heterocycles. The number of hydrogen-bond acceptors (Lipinski definition) is 5. The molecule has 1 aliphatic carbocycles. The van der Waals surface area contributed by atoms with Crippen molar-refractivity contribution in [1.29, 1.82) is 0 Å². The first kappa shape index (κ1) is 14.3. The number of carboxylic acid groups (broad SMARTS) is 1. The Morgan fingerprint density at radius 1 is 1.53 bits per heavy atom. The molecule has 0 aromatic carbocycles. The van der Waals surface area contributed by atoms with Gasteiger partial charge in [-0.05, 0) is 26.8 Å². The largest absolute Gasteiger partial charge is 0.477 e. The van der Waals surface area contributed by atoms with E-state index in [1.165, 1.54) is 37.0 Å². The molecule has 19 heavy (non-hydrogen) atoms. The highest BCUT2D eigenvalue weighted by Crippen LogP contribution is 2.23. The number of anilines is 1. The molecule has 0 saturated heterocycles. The summed E-state index contributed by atoms with van der Waals surface area (Å²) in [5.74, 6) is -0.897. The lowest BCUT2D eigenvalue weighted by atomic mass is 10.2. The van der Waals surface area contributed by atoms with Crippen molar-refractivity contribution in [3.63, 3.8) is 0 Å². The van der Waals surface area contributed by atoms with Crippen LogP contribution >= 0.6 is 11.3 Å². The van der Waals surface area contributed by atoms with Gasteiger partial charge in [0.15, 0.2) is 5.13 Å². The molecule has 1 aliphatic rings. The molecular weight excluding hydrogens is 262 g/mol. The van der Waals surface area contributed by atoms with Crippen LogP contribution in [0.4, 0.5) is 5.13 Å². The van der Waals surface area contributed by atoms with Crippen LogP contribution in [0.2, 0.25) is 0 Å². The van der Waals surface area contributed by atoms with Crippen LogP contribution in [-0.2, 0) is 0 Å². The fraction of sp³-hybridized carbons (Fsp3) is 0.692. The summed E-state index contributed by atoms with van der Waals surface area (Å²) in [5.41, 5.74) is 0.587. The smallest absolute Gasteiger partial charge is 0.347 e. The van der Waals surface area contributed by atoms with Gasteiger partial charge >= 0.3 is 5.97 Å². The number of nitrogens with zero attached hydrogens (tertiary/aromatic N) is 2. The second-order valence-electron chi connectivity index (χ2n) is 5.08. The van der Waals surface area contributed by atoms with Crippen molar-refractivity contribution in [2.24, 2.45) is 0 Å². The van der Waals surface area contributed by atoms with Crippen molar-refractivity contribution < 1.29 is 9.90 Å². The third kappa shape index (κ3) is 3.67. The highest BCUT2D eigenvalue weighted by atomic mass is 32.1. The molecule has 1 aromatic rings. The average molecular weight is 283 g/mol. The summed E-state index contributed by atoms with van der Waals surface area (Å²) < 4.78 is 0. The summed E-state index contributed by atoms with van der Waals surface area (Å²) in [4.78, 5) is 17.9. The Morgan fingerprint density at radius 3 is 2.79 bits per heavy atom. The van der Waals surface area contributed by atoms with E-state index in [-0.39, 0.29) is 0 Å². The highest BCUT2D eigenvalue weighted by molar-refractivity contribution is 7.17. The van der Waals surface area contributed by atoms with Gasteiger partial charge in [0, 0.05) is 19.1 Å². The molecule has 0 aliphatic heterocycles. The fourth-order valence-electron chi connectivity index (χ4n) is 2.54. The van der Waals surface area contributed by atoms with E-state index in [0.717, 1.165) is 19.1 Å². The van der Waals surface area contributed by atoms with Crippen molar-refractivity contribution in [1.82, 2.24) is 9.88 Å². The lowest BCUT2D eigenvalue weighted by Crippen LogP contribution is -2.33. The fourth-order valence-corrected chi connectivity index (χ4v) is 3.37. The van der Waals surface area contributed by atoms with Crippen molar-refractivity contribution >= 4 is 22.4 Å². The zero-order chi connectivity index (χ0) is 13.8. The summed E-state index contributed by atoms with van der Waals surface area (Å²) in [5, 5.41) is 12.9. The molecule has 0 radical (unpaired) electrons. The van der Waals surface area contributed by atoms with Crippen LogP contribution in [0.25, 0.3) is 0 Å². The Balaban J connectivity index is 1.79. The molecule has 0 amide bonds. The van der Waals surface area contributed by atoms with E-state index in [1.807, 2.05) is 0 Å². The van der Waals surface area contributed by atoms with Crippen LogP contribution in [0, 0.1) is 6.92 Å². The minimum atomic E-state index is -0.897. The number of carbonyl (C=O) groups is 1. The van der Waals surface area contributed by atoms with Gasteiger partial charge in [-0.2, -0.15) is 0 Å². The monoisotopic (exact) mass is 283 g/mol. The quantitative estimate of drug-likeness (QED) is 0.839. The maximum Gasteiger partial charge on any atom is 0.347 e. The lowest BCUT2D eigenvalue weighted by molar-refractivity contribution is 0.0701. The number of thiazole rings is 1. The number of rotatable bonds is 6. The molecule has 1 saturated carbocycles. The maximum absolute atomic E-state index is 10.9. The molecule has 2 N–H and O–H groups in total. The van der Waals surface area contributed by atoms with E-state index < -0.39 is 5.97 Å². The van der Waals surface area contributed by atoms with E-state index in [0.29, 0.717) is 15.7 Å². The molecule has 106 valence electrons. The molecule has 0 atom stereocenters. The number of hydrogen-bond donors (Lipinski definition) is 2. The Kier molecular flexibility index (Phi) is 4.76. The van der Waals surface area contributed by atoms with Crippen molar-refractivity contribution in [3.8, 4) is 0 Å². The lowest BCUT2D eigenvalue weighted by Gasteiger charge is -2.23. The minimum absolute atomic E-state index is 0.326. The van der Waals surface area contributed by atoms with E-state index in [9.17, 15) is 4.79 Å². The number of aromatic carboxylic acids is 1. The first-order chi connectivity index (χ1) is 9.08. The van der Waals surface area contributed by atoms with Gasteiger partial charge in [0.25, 0.3) is 0 Å². The van der Waals surface area contributed by atoms with Gasteiger partial charge in [0.05, 0.1) is 5.69 Å². The second-order valence-corrected chi connectivity index (χ2v) is 6.08. The van der Waals surface area contributed by atoms with Gasteiger partial charge in [0.2, 0.25) is 0 Å². The van der Waals surface area contributed by atoms with Crippen molar-refractivity contribution in [2.75, 3.05) is 25.5 Å². The molecule has 1 aromatic heterocycles. The average Bonchev–Trinajstić information content (AvgIpc) is 2.98. The van der Waals surface area contributed by atoms with E-state index in [4.69, 9.17) is 5.11 Å². The first-order valence-electron chi connectivity index (χ1n) is 6.72. The van der Waals surface area contributed by atoms with Crippen LogP contribution in [0.1, 0.15) is 41.0 Å². The van der Waals surface area contributed by atoms with Crippen LogP contribution in [0.5, 0.6) is 0 Å².